The highest BCUT2D eigenvalue weighted by molar-refractivity contribution is 7.03. The summed E-state index contributed by atoms with van der Waals surface area (Å²) >= 11 is 1.21. The molecule has 3 rings (SSSR count). The van der Waals surface area contributed by atoms with Crippen LogP contribution in [0.4, 0.5) is 5.69 Å². The summed E-state index contributed by atoms with van der Waals surface area (Å²) in [5.74, 6) is 0.830. The number of amides is 1. The predicted molar refractivity (Wildman–Crippen MR) is 85.6 cm³/mol. The third kappa shape index (κ3) is 3.19. The summed E-state index contributed by atoms with van der Waals surface area (Å²) in [6.07, 6.45) is 0.940. The molecule has 0 bridgehead atoms. The molecule has 0 saturated carbocycles. The molecule has 6 nitrogen and oxygen atoms in total. The molecule has 1 aliphatic rings. The van der Waals surface area contributed by atoms with Crippen LogP contribution in [-0.4, -0.2) is 53.7 Å². The van der Waals surface area contributed by atoms with Gasteiger partial charge in [-0.05, 0) is 42.2 Å². The van der Waals surface area contributed by atoms with Crippen LogP contribution in [0.2, 0.25) is 0 Å². The van der Waals surface area contributed by atoms with Gasteiger partial charge in [0.25, 0.3) is 5.91 Å². The molecule has 0 spiro atoms. The number of anilines is 1. The maximum atomic E-state index is 12.3. The first-order valence-corrected chi connectivity index (χ1v) is 8.07. The normalized spacial score (nSPS) is 15.5. The molecule has 116 valence electrons. The molecule has 0 N–H and O–H groups in total. The van der Waals surface area contributed by atoms with Crippen LogP contribution >= 0.6 is 11.5 Å². The molecule has 1 fully saturated rings. The molecule has 0 unspecified atom stereocenters. The fourth-order valence-electron chi connectivity index (χ4n) is 2.59. The molecule has 1 aromatic heterocycles. The van der Waals surface area contributed by atoms with Crippen LogP contribution in [0, 0.1) is 0 Å². The van der Waals surface area contributed by atoms with Gasteiger partial charge < -0.3 is 14.5 Å². The number of benzene rings is 1. The van der Waals surface area contributed by atoms with Gasteiger partial charge in [0.05, 0.1) is 7.11 Å². The first-order valence-electron chi connectivity index (χ1n) is 7.23. The van der Waals surface area contributed by atoms with Crippen molar-refractivity contribution in [2.45, 2.75) is 6.42 Å². The molecule has 0 atom stereocenters. The molecule has 2 heterocycles. The monoisotopic (exact) mass is 318 g/mol. The highest BCUT2D eigenvalue weighted by Crippen LogP contribution is 2.21. The van der Waals surface area contributed by atoms with E-state index in [2.05, 4.69) is 26.6 Å². The molecule has 0 aliphatic carbocycles. The van der Waals surface area contributed by atoms with Gasteiger partial charge in [0.1, 0.15) is 5.75 Å². The molecule has 1 aliphatic heterocycles. The quantitative estimate of drug-likeness (QED) is 0.865. The molecule has 22 heavy (non-hydrogen) atoms. The molecule has 7 heteroatoms. The minimum absolute atomic E-state index is 0.0228. The number of hydrogen-bond donors (Lipinski definition) is 0. The zero-order valence-electron chi connectivity index (χ0n) is 12.4. The van der Waals surface area contributed by atoms with Crippen molar-refractivity contribution in [3.05, 3.63) is 35.3 Å². The minimum atomic E-state index is -0.0228. The number of carbonyl (C=O) groups is 1. The molecule has 1 amide bonds. The van der Waals surface area contributed by atoms with Gasteiger partial charge in [-0.1, -0.05) is 4.49 Å². The largest absolute Gasteiger partial charge is 0.497 e. The first-order chi connectivity index (χ1) is 10.8. The lowest BCUT2D eigenvalue weighted by Crippen LogP contribution is -2.35. The first kappa shape index (κ1) is 14.8. The fourth-order valence-corrected chi connectivity index (χ4v) is 3.02. The number of aromatic nitrogens is 2. The maximum absolute atomic E-state index is 12.3. The Bertz CT molecular complexity index is 615. The Morgan fingerprint density at radius 3 is 2.68 bits per heavy atom. The van der Waals surface area contributed by atoms with Crippen LogP contribution in [0.5, 0.6) is 5.75 Å². The molecule has 1 saturated heterocycles. The summed E-state index contributed by atoms with van der Waals surface area (Å²) in [7, 11) is 1.66. The Morgan fingerprint density at radius 1 is 1.18 bits per heavy atom. The van der Waals surface area contributed by atoms with Crippen molar-refractivity contribution in [3.8, 4) is 5.75 Å². The molecule has 0 radical (unpaired) electrons. The summed E-state index contributed by atoms with van der Waals surface area (Å²) in [6, 6.07) is 8.04. The SMILES string of the molecule is COc1ccc(N2CCCN(C(=O)c3csnn3)CC2)cc1. The number of rotatable bonds is 3. The van der Waals surface area contributed by atoms with E-state index >= 15 is 0 Å². The van der Waals surface area contributed by atoms with E-state index in [1.54, 1.807) is 12.5 Å². The standard InChI is InChI=1S/C15H18N4O2S/c1-21-13-5-3-12(4-6-13)18-7-2-8-19(10-9-18)15(20)14-11-22-17-16-14/h3-6,11H,2,7-10H2,1H3. The van der Waals surface area contributed by atoms with Crippen LogP contribution in [0.1, 0.15) is 16.9 Å². The van der Waals surface area contributed by atoms with Gasteiger partial charge >= 0.3 is 0 Å². The van der Waals surface area contributed by atoms with E-state index in [1.165, 1.54) is 11.5 Å². The highest BCUT2D eigenvalue weighted by Gasteiger charge is 2.22. The van der Waals surface area contributed by atoms with Gasteiger partial charge in [0, 0.05) is 37.2 Å². The van der Waals surface area contributed by atoms with Crippen LogP contribution in [-0.2, 0) is 0 Å². The van der Waals surface area contributed by atoms with Gasteiger partial charge in [-0.25, -0.2) is 0 Å². The van der Waals surface area contributed by atoms with E-state index in [0.717, 1.165) is 37.5 Å². The van der Waals surface area contributed by atoms with Crippen molar-refractivity contribution in [2.24, 2.45) is 0 Å². The zero-order chi connectivity index (χ0) is 15.4. The van der Waals surface area contributed by atoms with Crippen LogP contribution in [0.25, 0.3) is 0 Å². The second kappa shape index (κ2) is 6.74. The smallest absolute Gasteiger partial charge is 0.275 e. The summed E-state index contributed by atoms with van der Waals surface area (Å²) in [6.45, 7) is 3.20. The van der Waals surface area contributed by atoms with Gasteiger partial charge in [-0.3, -0.25) is 4.79 Å². The van der Waals surface area contributed by atoms with Gasteiger partial charge in [-0.2, -0.15) is 0 Å². The summed E-state index contributed by atoms with van der Waals surface area (Å²) in [5.41, 5.74) is 1.60. The predicted octanol–water partition coefficient (Wildman–Crippen LogP) is 1.90. The second-order valence-corrected chi connectivity index (χ2v) is 5.73. The lowest BCUT2D eigenvalue weighted by atomic mass is 10.2. The van der Waals surface area contributed by atoms with E-state index in [9.17, 15) is 4.79 Å². The van der Waals surface area contributed by atoms with Crippen molar-refractivity contribution in [1.29, 1.82) is 0 Å². The molecular formula is C15H18N4O2S. The van der Waals surface area contributed by atoms with Gasteiger partial charge in [0.15, 0.2) is 5.69 Å². The second-order valence-electron chi connectivity index (χ2n) is 5.12. The maximum Gasteiger partial charge on any atom is 0.275 e. The molecule has 2 aromatic rings. The van der Waals surface area contributed by atoms with E-state index in [-0.39, 0.29) is 5.91 Å². The topological polar surface area (TPSA) is 58.6 Å². The summed E-state index contributed by atoms with van der Waals surface area (Å²) < 4.78 is 8.95. The van der Waals surface area contributed by atoms with E-state index in [0.29, 0.717) is 12.2 Å². The number of methoxy groups -OCH3 is 1. The van der Waals surface area contributed by atoms with Crippen molar-refractivity contribution in [1.82, 2.24) is 14.5 Å². The summed E-state index contributed by atoms with van der Waals surface area (Å²) in [4.78, 5) is 16.5. The Kier molecular flexibility index (Phi) is 4.53. The number of ether oxygens (including phenoxy) is 1. The molecular weight excluding hydrogens is 300 g/mol. The Balaban J connectivity index is 1.65. The Morgan fingerprint density at radius 2 is 2.00 bits per heavy atom. The minimum Gasteiger partial charge on any atom is -0.497 e. The Labute approximate surface area is 133 Å². The van der Waals surface area contributed by atoms with Crippen molar-refractivity contribution in [3.63, 3.8) is 0 Å². The fraction of sp³-hybridized carbons (Fsp3) is 0.400. The molecule has 1 aromatic carbocycles. The van der Waals surface area contributed by atoms with Crippen LogP contribution in [0.3, 0.4) is 0 Å². The van der Waals surface area contributed by atoms with Crippen molar-refractivity contribution < 1.29 is 9.53 Å². The number of hydrogen-bond acceptors (Lipinski definition) is 6. The van der Waals surface area contributed by atoms with Gasteiger partial charge in [-0.15, -0.1) is 5.10 Å². The van der Waals surface area contributed by atoms with Crippen LogP contribution in [0.15, 0.2) is 29.6 Å². The van der Waals surface area contributed by atoms with Crippen LogP contribution < -0.4 is 9.64 Å². The average Bonchev–Trinajstić information content (AvgIpc) is 2.99. The van der Waals surface area contributed by atoms with Crippen molar-refractivity contribution in [2.75, 3.05) is 38.2 Å². The lowest BCUT2D eigenvalue weighted by Gasteiger charge is -2.23. The lowest BCUT2D eigenvalue weighted by molar-refractivity contribution is 0.0761. The third-order valence-corrected chi connectivity index (χ3v) is 4.30. The third-order valence-electron chi connectivity index (χ3n) is 3.80. The highest BCUT2D eigenvalue weighted by atomic mass is 32.1. The van der Waals surface area contributed by atoms with E-state index in [4.69, 9.17) is 4.74 Å². The zero-order valence-corrected chi connectivity index (χ0v) is 13.3. The summed E-state index contributed by atoms with van der Waals surface area (Å²) in [5, 5.41) is 5.57. The van der Waals surface area contributed by atoms with E-state index in [1.807, 2.05) is 17.0 Å². The Hall–Kier alpha value is -2.15. The van der Waals surface area contributed by atoms with Gasteiger partial charge in [0.2, 0.25) is 0 Å². The van der Waals surface area contributed by atoms with E-state index < -0.39 is 0 Å². The number of nitrogens with zero attached hydrogens (tertiary/aromatic N) is 4. The number of carbonyl (C=O) groups excluding carboxylic acids is 1. The van der Waals surface area contributed by atoms with Crippen molar-refractivity contribution >= 4 is 23.1 Å². The average molecular weight is 318 g/mol.